The zero-order valence-corrected chi connectivity index (χ0v) is 17.0. The standard InChI is InChI=1S/C22H26F3NO2/c1-20(2,3)15-11-13(12-16(18(15)27)21(4,5)6)19(28)26-17-10-8-7-9-14(17)22(23,24)25/h7-12,27H,1-6H3,(H,26,28). The number of benzene rings is 2. The number of aromatic hydroxyl groups is 1. The van der Waals surface area contributed by atoms with Gasteiger partial charge in [0.05, 0.1) is 11.3 Å². The predicted molar refractivity (Wildman–Crippen MR) is 105 cm³/mol. The Morgan fingerprint density at radius 1 is 0.857 bits per heavy atom. The van der Waals surface area contributed by atoms with Crippen molar-refractivity contribution in [3.63, 3.8) is 0 Å². The van der Waals surface area contributed by atoms with E-state index in [-0.39, 0.29) is 17.0 Å². The molecule has 0 saturated heterocycles. The van der Waals surface area contributed by atoms with Crippen molar-refractivity contribution >= 4 is 11.6 Å². The third-order valence-electron chi connectivity index (χ3n) is 4.47. The number of para-hydroxylation sites is 1. The average Bonchev–Trinajstić information content (AvgIpc) is 2.52. The molecular formula is C22H26F3NO2. The van der Waals surface area contributed by atoms with E-state index in [2.05, 4.69) is 5.32 Å². The van der Waals surface area contributed by atoms with E-state index in [1.807, 2.05) is 41.5 Å². The SMILES string of the molecule is CC(C)(C)c1cc(C(=O)Nc2ccccc2C(F)(F)F)cc(C(C)(C)C)c1O. The molecule has 0 fully saturated rings. The van der Waals surface area contributed by atoms with Gasteiger partial charge in [0.1, 0.15) is 5.75 Å². The van der Waals surface area contributed by atoms with Crippen molar-refractivity contribution in [1.82, 2.24) is 0 Å². The van der Waals surface area contributed by atoms with Crippen LogP contribution in [0.4, 0.5) is 18.9 Å². The summed E-state index contributed by atoms with van der Waals surface area (Å²) in [4.78, 5) is 12.8. The summed E-state index contributed by atoms with van der Waals surface area (Å²) in [5, 5.41) is 13.1. The third-order valence-corrected chi connectivity index (χ3v) is 4.47. The highest BCUT2D eigenvalue weighted by Crippen LogP contribution is 2.40. The quantitative estimate of drug-likeness (QED) is 0.633. The molecule has 0 aliphatic rings. The fourth-order valence-electron chi connectivity index (χ4n) is 2.94. The minimum atomic E-state index is -4.58. The molecule has 0 aliphatic carbocycles. The summed E-state index contributed by atoms with van der Waals surface area (Å²) in [5.74, 6) is -0.556. The average molecular weight is 393 g/mol. The molecule has 0 bridgehead atoms. The summed E-state index contributed by atoms with van der Waals surface area (Å²) in [6.45, 7) is 11.4. The number of carbonyl (C=O) groups excluding carboxylic acids is 1. The van der Waals surface area contributed by atoms with E-state index in [0.717, 1.165) is 6.07 Å². The summed E-state index contributed by atoms with van der Waals surface area (Å²) in [5.41, 5.74) is -0.793. The number of carbonyl (C=O) groups is 1. The van der Waals surface area contributed by atoms with Crippen LogP contribution in [0, 0.1) is 0 Å². The highest BCUT2D eigenvalue weighted by atomic mass is 19.4. The number of hydrogen-bond donors (Lipinski definition) is 2. The Morgan fingerprint density at radius 3 is 1.75 bits per heavy atom. The minimum Gasteiger partial charge on any atom is -0.507 e. The minimum absolute atomic E-state index is 0.104. The number of alkyl halides is 3. The van der Waals surface area contributed by atoms with Crippen LogP contribution in [-0.2, 0) is 17.0 Å². The van der Waals surface area contributed by atoms with E-state index < -0.39 is 28.5 Å². The van der Waals surface area contributed by atoms with Crippen molar-refractivity contribution in [2.24, 2.45) is 0 Å². The fourth-order valence-corrected chi connectivity index (χ4v) is 2.94. The first-order chi connectivity index (χ1) is 12.6. The molecule has 3 nitrogen and oxygen atoms in total. The van der Waals surface area contributed by atoms with Crippen molar-refractivity contribution < 1.29 is 23.1 Å². The number of nitrogens with one attached hydrogen (secondary N) is 1. The number of rotatable bonds is 2. The number of phenols is 1. The molecule has 152 valence electrons. The Hall–Kier alpha value is -2.50. The number of halogens is 3. The fraction of sp³-hybridized carbons (Fsp3) is 0.409. The van der Waals surface area contributed by atoms with E-state index in [4.69, 9.17) is 0 Å². The summed E-state index contributed by atoms with van der Waals surface area (Å²) < 4.78 is 39.6. The van der Waals surface area contributed by atoms with Gasteiger partial charge in [-0.1, -0.05) is 53.7 Å². The van der Waals surface area contributed by atoms with Crippen LogP contribution >= 0.6 is 0 Å². The molecule has 2 N–H and O–H groups in total. The first-order valence-corrected chi connectivity index (χ1v) is 8.98. The maximum atomic E-state index is 13.2. The molecule has 0 spiro atoms. The third kappa shape index (κ3) is 4.66. The van der Waals surface area contributed by atoms with Gasteiger partial charge >= 0.3 is 6.18 Å². The van der Waals surface area contributed by atoms with E-state index in [1.54, 1.807) is 0 Å². The monoisotopic (exact) mass is 393 g/mol. The van der Waals surface area contributed by atoms with Gasteiger partial charge in [0, 0.05) is 16.7 Å². The number of phenolic OH excluding ortho intramolecular Hbond substituents is 1. The zero-order chi connectivity index (χ0) is 21.5. The van der Waals surface area contributed by atoms with Gasteiger partial charge in [-0.25, -0.2) is 0 Å². The molecule has 2 rings (SSSR count). The van der Waals surface area contributed by atoms with Crippen LogP contribution in [-0.4, -0.2) is 11.0 Å². The van der Waals surface area contributed by atoms with Crippen LogP contribution in [0.25, 0.3) is 0 Å². The van der Waals surface area contributed by atoms with Crippen LogP contribution in [0.3, 0.4) is 0 Å². The predicted octanol–water partition coefficient (Wildman–Crippen LogP) is 6.26. The van der Waals surface area contributed by atoms with Gasteiger partial charge in [0.25, 0.3) is 5.91 Å². The van der Waals surface area contributed by atoms with E-state index >= 15 is 0 Å². The second kappa shape index (κ2) is 7.15. The van der Waals surface area contributed by atoms with E-state index in [1.165, 1.54) is 30.3 Å². The molecular weight excluding hydrogens is 367 g/mol. The molecule has 2 aromatic rings. The van der Waals surface area contributed by atoms with Crippen LogP contribution in [0.5, 0.6) is 5.75 Å². The summed E-state index contributed by atoms with van der Waals surface area (Å²) >= 11 is 0. The summed E-state index contributed by atoms with van der Waals surface area (Å²) in [7, 11) is 0. The van der Waals surface area contributed by atoms with Gasteiger partial charge in [-0.15, -0.1) is 0 Å². The van der Waals surface area contributed by atoms with Gasteiger partial charge < -0.3 is 10.4 Å². The lowest BCUT2D eigenvalue weighted by Crippen LogP contribution is -2.21. The molecule has 0 unspecified atom stereocenters. The lowest BCUT2D eigenvalue weighted by atomic mass is 9.78. The first-order valence-electron chi connectivity index (χ1n) is 8.98. The van der Waals surface area contributed by atoms with Gasteiger partial charge in [-0.2, -0.15) is 13.2 Å². The molecule has 1 amide bonds. The van der Waals surface area contributed by atoms with Crippen molar-refractivity contribution in [2.75, 3.05) is 5.32 Å². The highest BCUT2D eigenvalue weighted by Gasteiger charge is 2.34. The Labute approximate surface area is 163 Å². The van der Waals surface area contributed by atoms with Gasteiger partial charge in [-0.3, -0.25) is 4.79 Å². The van der Waals surface area contributed by atoms with Crippen LogP contribution in [0.15, 0.2) is 36.4 Å². The molecule has 0 aromatic heterocycles. The Kier molecular flexibility index (Phi) is 5.57. The second-order valence-corrected chi connectivity index (χ2v) is 8.92. The second-order valence-electron chi connectivity index (χ2n) is 8.92. The van der Waals surface area contributed by atoms with Crippen molar-refractivity contribution in [3.8, 4) is 5.75 Å². The summed E-state index contributed by atoms with van der Waals surface area (Å²) in [6.07, 6.45) is -4.58. The molecule has 0 aliphatic heterocycles. The molecule has 0 atom stereocenters. The lowest BCUT2D eigenvalue weighted by molar-refractivity contribution is -0.136. The lowest BCUT2D eigenvalue weighted by Gasteiger charge is -2.28. The van der Waals surface area contributed by atoms with Crippen molar-refractivity contribution in [3.05, 3.63) is 58.7 Å². The maximum Gasteiger partial charge on any atom is 0.418 e. The Balaban J connectivity index is 2.56. The largest absolute Gasteiger partial charge is 0.507 e. The topological polar surface area (TPSA) is 49.3 Å². The molecule has 0 heterocycles. The van der Waals surface area contributed by atoms with Crippen LogP contribution in [0.1, 0.15) is 68.6 Å². The molecule has 0 saturated carbocycles. The molecule has 28 heavy (non-hydrogen) atoms. The highest BCUT2D eigenvalue weighted by molar-refractivity contribution is 6.05. The molecule has 2 aromatic carbocycles. The van der Waals surface area contributed by atoms with Gasteiger partial charge in [-0.05, 0) is 35.1 Å². The number of amides is 1. The van der Waals surface area contributed by atoms with Gasteiger partial charge in [0.2, 0.25) is 0 Å². The number of hydrogen-bond acceptors (Lipinski definition) is 2. The number of anilines is 1. The first kappa shape index (κ1) is 21.8. The smallest absolute Gasteiger partial charge is 0.418 e. The zero-order valence-electron chi connectivity index (χ0n) is 17.0. The Bertz CT molecular complexity index is 853. The van der Waals surface area contributed by atoms with Crippen molar-refractivity contribution in [1.29, 1.82) is 0 Å². The van der Waals surface area contributed by atoms with Gasteiger partial charge in [0.15, 0.2) is 0 Å². The van der Waals surface area contributed by atoms with E-state index in [9.17, 15) is 23.1 Å². The van der Waals surface area contributed by atoms with Crippen LogP contribution < -0.4 is 5.32 Å². The molecule has 6 heteroatoms. The maximum absolute atomic E-state index is 13.2. The summed E-state index contributed by atoms with van der Waals surface area (Å²) in [6, 6.07) is 7.92. The molecule has 0 radical (unpaired) electrons. The van der Waals surface area contributed by atoms with Crippen LogP contribution in [0.2, 0.25) is 0 Å². The van der Waals surface area contributed by atoms with E-state index in [0.29, 0.717) is 11.1 Å². The van der Waals surface area contributed by atoms with Crippen molar-refractivity contribution in [2.45, 2.75) is 58.5 Å². The normalized spacial score (nSPS) is 12.8. The Morgan fingerprint density at radius 2 is 1.32 bits per heavy atom.